The molecule has 1 aromatic carbocycles. The average Bonchev–Trinajstić information content (AvgIpc) is 2.75. The van der Waals surface area contributed by atoms with Crippen molar-refractivity contribution in [3.8, 4) is 0 Å². The first-order valence-corrected chi connectivity index (χ1v) is 5.47. The van der Waals surface area contributed by atoms with E-state index in [0.717, 1.165) is 0 Å². The largest absolute Gasteiger partial charge is 0.478 e. The second kappa shape index (κ2) is 4.99. The summed E-state index contributed by atoms with van der Waals surface area (Å²) in [6, 6.07) is 3.99. The number of amides is 1. The normalized spacial score (nSPS) is 10.2. The maximum absolute atomic E-state index is 11.8. The van der Waals surface area contributed by atoms with Gasteiger partial charge in [-0.2, -0.15) is 0 Å². The van der Waals surface area contributed by atoms with Crippen molar-refractivity contribution in [2.45, 2.75) is 0 Å². The maximum atomic E-state index is 11.8. The van der Waals surface area contributed by atoms with Crippen LogP contribution in [0.5, 0.6) is 0 Å². The summed E-state index contributed by atoms with van der Waals surface area (Å²) >= 11 is 5.75. The van der Waals surface area contributed by atoms with Crippen LogP contribution in [0.2, 0.25) is 5.02 Å². The minimum atomic E-state index is -1.20. The second-order valence-corrected chi connectivity index (χ2v) is 4.04. The molecular formula is C11H8ClN3O4. The van der Waals surface area contributed by atoms with Gasteiger partial charge < -0.3 is 20.4 Å². The highest BCUT2D eigenvalue weighted by Gasteiger charge is 2.15. The SMILES string of the molecule is O=C(Nc1cc(Cl)ccc1C(=O)O)c1c[nH]c(=O)[nH]1. The quantitative estimate of drug-likeness (QED) is 0.679. The van der Waals surface area contributed by atoms with Gasteiger partial charge in [0.25, 0.3) is 5.91 Å². The van der Waals surface area contributed by atoms with E-state index >= 15 is 0 Å². The lowest BCUT2D eigenvalue weighted by molar-refractivity contribution is 0.0698. The molecule has 0 aliphatic rings. The number of anilines is 1. The van der Waals surface area contributed by atoms with Crippen LogP contribution in [0, 0.1) is 0 Å². The second-order valence-electron chi connectivity index (χ2n) is 3.61. The molecule has 0 fully saturated rings. The molecule has 19 heavy (non-hydrogen) atoms. The lowest BCUT2D eigenvalue weighted by Crippen LogP contribution is -2.16. The van der Waals surface area contributed by atoms with Crippen molar-refractivity contribution in [3.63, 3.8) is 0 Å². The molecule has 1 amide bonds. The highest BCUT2D eigenvalue weighted by molar-refractivity contribution is 6.31. The number of carbonyl (C=O) groups excluding carboxylic acids is 1. The summed E-state index contributed by atoms with van der Waals surface area (Å²) in [6.45, 7) is 0. The summed E-state index contributed by atoms with van der Waals surface area (Å²) in [5.74, 6) is -1.85. The van der Waals surface area contributed by atoms with E-state index in [0.29, 0.717) is 0 Å². The molecule has 98 valence electrons. The Morgan fingerprint density at radius 3 is 2.63 bits per heavy atom. The van der Waals surface area contributed by atoms with Crippen molar-refractivity contribution >= 4 is 29.2 Å². The number of aromatic carboxylic acids is 1. The monoisotopic (exact) mass is 281 g/mol. The molecular weight excluding hydrogens is 274 g/mol. The van der Waals surface area contributed by atoms with Gasteiger partial charge in [0, 0.05) is 11.2 Å². The summed E-state index contributed by atoms with van der Waals surface area (Å²) in [7, 11) is 0. The number of aromatic nitrogens is 2. The zero-order valence-corrected chi connectivity index (χ0v) is 10.1. The fraction of sp³-hybridized carbons (Fsp3) is 0. The number of carboxylic acid groups (broad SMARTS) is 1. The van der Waals surface area contributed by atoms with Crippen LogP contribution < -0.4 is 11.0 Å². The molecule has 4 N–H and O–H groups in total. The number of hydrogen-bond acceptors (Lipinski definition) is 3. The molecule has 0 saturated heterocycles. The van der Waals surface area contributed by atoms with Gasteiger partial charge in [0.2, 0.25) is 0 Å². The number of imidazole rings is 1. The van der Waals surface area contributed by atoms with Crippen LogP contribution in [0.3, 0.4) is 0 Å². The number of aromatic amines is 2. The lowest BCUT2D eigenvalue weighted by Gasteiger charge is -2.07. The lowest BCUT2D eigenvalue weighted by atomic mass is 10.1. The predicted octanol–water partition coefficient (Wildman–Crippen LogP) is 1.31. The van der Waals surface area contributed by atoms with Crippen molar-refractivity contribution in [3.05, 3.63) is 51.2 Å². The predicted molar refractivity (Wildman–Crippen MR) is 67.8 cm³/mol. The molecule has 2 aromatic rings. The van der Waals surface area contributed by atoms with Gasteiger partial charge in [-0.15, -0.1) is 0 Å². The topological polar surface area (TPSA) is 115 Å². The van der Waals surface area contributed by atoms with Crippen molar-refractivity contribution in [1.82, 2.24) is 9.97 Å². The molecule has 2 rings (SSSR count). The van der Waals surface area contributed by atoms with Crippen LogP contribution in [0.1, 0.15) is 20.8 Å². The van der Waals surface area contributed by atoms with Crippen LogP contribution in [0.15, 0.2) is 29.2 Å². The number of nitrogens with one attached hydrogen (secondary N) is 3. The Labute approximate surface area is 111 Å². The van der Waals surface area contributed by atoms with E-state index in [1.807, 2.05) is 0 Å². The summed E-state index contributed by atoms with van der Waals surface area (Å²) < 4.78 is 0. The number of benzene rings is 1. The minimum Gasteiger partial charge on any atom is -0.478 e. The highest BCUT2D eigenvalue weighted by Crippen LogP contribution is 2.21. The Balaban J connectivity index is 2.32. The number of hydrogen-bond donors (Lipinski definition) is 4. The molecule has 0 unspecified atom stereocenters. The fourth-order valence-corrected chi connectivity index (χ4v) is 1.62. The Morgan fingerprint density at radius 1 is 1.32 bits per heavy atom. The van der Waals surface area contributed by atoms with E-state index in [4.69, 9.17) is 16.7 Å². The van der Waals surface area contributed by atoms with Gasteiger partial charge in [0.1, 0.15) is 5.69 Å². The zero-order chi connectivity index (χ0) is 14.0. The van der Waals surface area contributed by atoms with Crippen LogP contribution in [0.25, 0.3) is 0 Å². The van der Waals surface area contributed by atoms with Gasteiger partial charge >= 0.3 is 11.7 Å². The zero-order valence-electron chi connectivity index (χ0n) is 9.36. The van der Waals surface area contributed by atoms with Crippen LogP contribution in [-0.4, -0.2) is 27.0 Å². The Bertz CT molecular complexity index is 704. The third kappa shape index (κ3) is 2.83. The van der Waals surface area contributed by atoms with Crippen molar-refractivity contribution in [2.24, 2.45) is 0 Å². The first-order chi connectivity index (χ1) is 8.97. The molecule has 0 aliphatic carbocycles. The van der Waals surface area contributed by atoms with Crippen molar-refractivity contribution < 1.29 is 14.7 Å². The third-order valence-electron chi connectivity index (χ3n) is 2.30. The van der Waals surface area contributed by atoms with E-state index < -0.39 is 17.6 Å². The van der Waals surface area contributed by atoms with E-state index in [9.17, 15) is 14.4 Å². The Kier molecular flexibility index (Phi) is 3.39. The smallest absolute Gasteiger partial charge is 0.337 e. The first-order valence-electron chi connectivity index (χ1n) is 5.09. The summed E-state index contributed by atoms with van der Waals surface area (Å²) in [5.41, 5.74) is -0.598. The maximum Gasteiger partial charge on any atom is 0.337 e. The van der Waals surface area contributed by atoms with E-state index in [2.05, 4.69) is 15.3 Å². The summed E-state index contributed by atoms with van der Waals surface area (Å²) in [5, 5.41) is 11.6. The highest BCUT2D eigenvalue weighted by atomic mass is 35.5. The van der Waals surface area contributed by atoms with Gasteiger partial charge in [-0.05, 0) is 18.2 Å². The van der Waals surface area contributed by atoms with Gasteiger partial charge in [0.15, 0.2) is 0 Å². The van der Waals surface area contributed by atoms with Crippen LogP contribution >= 0.6 is 11.6 Å². The molecule has 0 spiro atoms. The van der Waals surface area contributed by atoms with Gasteiger partial charge in [-0.1, -0.05) is 11.6 Å². The standard InChI is InChI=1S/C11H8ClN3O4/c12-5-1-2-6(10(17)18)7(3-5)14-9(16)8-4-13-11(19)15-8/h1-4H,(H,14,16)(H,17,18)(H2,13,15,19). The molecule has 7 nitrogen and oxygen atoms in total. The van der Waals surface area contributed by atoms with Gasteiger partial charge in [0.05, 0.1) is 11.3 Å². The average molecular weight is 282 g/mol. The third-order valence-corrected chi connectivity index (χ3v) is 2.54. The van der Waals surface area contributed by atoms with Crippen LogP contribution in [-0.2, 0) is 0 Å². The van der Waals surface area contributed by atoms with E-state index in [-0.39, 0.29) is 22.0 Å². The molecule has 0 bridgehead atoms. The fourth-order valence-electron chi connectivity index (χ4n) is 1.45. The van der Waals surface area contributed by atoms with Crippen LogP contribution in [0.4, 0.5) is 5.69 Å². The Hall–Kier alpha value is -2.54. The molecule has 0 saturated carbocycles. The number of H-pyrrole nitrogens is 2. The molecule has 1 heterocycles. The van der Waals surface area contributed by atoms with Crippen molar-refractivity contribution in [2.75, 3.05) is 5.32 Å². The van der Waals surface area contributed by atoms with E-state index in [1.54, 1.807) is 0 Å². The molecule has 0 aliphatic heterocycles. The van der Waals surface area contributed by atoms with Gasteiger partial charge in [-0.3, -0.25) is 4.79 Å². The number of rotatable bonds is 3. The summed E-state index contributed by atoms with van der Waals surface area (Å²) in [4.78, 5) is 38.2. The van der Waals surface area contributed by atoms with Gasteiger partial charge in [-0.25, -0.2) is 9.59 Å². The minimum absolute atomic E-state index is 0.0127. The number of carboxylic acids is 1. The van der Waals surface area contributed by atoms with E-state index in [1.165, 1.54) is 24.4 Å². The summed E-state index contributed by atoms with van der Waals surface area (Å²) in [6.07, 6.45) is 1.18. The Morgan fingerprint density at radius 2 is 2.05 bits per heavy atom. The van der Waals surface area contributed by atoms with Crippen molar-refractivity contribution in [1.29, 1.82) is 0 Å². The molecule has 1 aromatic heterocycles. The first kappa shape index (κ1) is 12.9. The molecule has 8 heteroatoms. The number of carbonyl (C=O) groups is 2. The molecule has 0 radical (unpaired) electrons. The number of halogens is 1. The molecule has 0 atom stereocenters.